The smallest absolute Gasteiger partial charge is 0.329 e. The molecule has 1 aromatic heterocycles. The fourth-order valence-electron chi connectivity index (χ4n) is 13.6. The number of carbonyl (C=O) groups is 4. The molecule has 3 saturated heterocycles. The third-order valence-electron chi connectivity index (χ3n) is 18.0. The number of halogens is 5. The largest absolute Gasteiger partial charge is 0.488 e. The van der Waals surface area contributed by atoms with Crippen LogP contribution in [0.5, 0.6) is 11.5 Å². The molecule has 12 rings (SSSR count). The molecule has 5 heterocycles. The first kappa shape index (κ1) is 53.3. The van der Waals surface area contributed by atoms with E-state index in [1.165, 1.54) is 33.8 Å². The number of nitrogens with zero attached hydrogens (tertiary/aromatic N) is 5. The molecule has 5 aromatic rings. The Hall–Kier alpha value is -6.70. The number of amides is 5. The highest BCUT2D eigenvalue weighted by Gasteiger charge is 2.54. The number of anilines is 1. The number of fused-ring (bicyclic) bond motifs is 5. The lowest BCUT2D eigenvalue weighted by Crippen LogP contribution is -2.58. The predicted octanol–water partition coefficient (Wildman–Crippen LogP) is 9.07. The van der Waals surface area contributed by atoms with Crippen molar-refractivity contribution in [2.45, 2.75) is 101 Å². The van der Waals surface area contributed by atoms with Crippen LogP contribution in [0, 0.1) is 34.6 Å². The van der Waals surface area contributed by atoms with Gasteiger partial charge in [0, 0.05) is 84.8 Å². The highest BCUT2D eigenvalue weighted by atomic mass is 35.5. The minimum atomic E-state index is -1.25. The molecule has 15 nitrogen and oxygen atoms in total. The number of ether oxygens (including phenoxy) is 2. The lowest BCUT2D eigenvalue weighted by atomic mass is 9.56. The molecular formula is C58H63ClF4N8O7. The molecule has 20 heteroatoms. The topological polar surface area (TPSA) is 185 Å². The average molecular weight is 1100 g/mol. The molecule has 5 amide bonds. The van der Waals surface area contributed by atoms with E-state index in [0.29, 0.717) is 50.5 Å². The standard InChI is InChI=1S/C58H63ClF4N8O7/c1-33-44-42(31-40(61)48(59)47(44)46-37(52(64)74)8-9-41(49(46)62)77-29-28-72)78-58(33,36-6-4-3-5-7-36)21-22-65-57-18-15-56(16-19-57,17-20-57)54(75)70-25-10-34(11-26-70)32-69-23-12-35(13-24-69)45-39(60)30-38-51(50(45)63)68(2)67-53(38)71-27-14-43(73)66-55(71)76/h3-9,21-22,30-31,33-35,65,72H,10-20,23-29,32H2,1-2H3,(H2,64,74)(H,66,73,76)/b22-21-/t33-,56?,57?,58-/m0/s1. The number of aliphatic hydroxyl groups excluding tert-OH is 1. The fourth-order valence-corrected chi connectivity index (χ4v) is 13.9. The Kier molecular flexibility index (Phi) is 14.2. The maximum atomic E-state index is 16.5. The van der Waals surface area contributed by atoms with E-state index in [1.807, 2.05) is 49.5 Å². The Labute approximate surface area is 454 Å². The predicted molar refractivity (Wildman–Crippen MR) is 284 cm³/mol. The van der Waals surface area contributed by atoms with Crippen molar-refractivity contribution >= 4 is 52.1 Å². The van der Waals surface area contributed by atoms with E-state index < -0.39 is 69.7 Å². The number of imide groups is 1. The zero-order valence-corrected chi connectivity index (χ0v) is 44.4. The second-order valence-corrected chi connectivity index (χ2v) is 22.6. The van der Waals surface area contributed by atoms with Gasteiger partial charge < -0.3 is 35.4 Å². The number of likely N-dealkylation sites (tertiary alicyclic amines) is 2. The Bertz CT molecular complexity index is 3230. The van der Waals surface area contributed by atoms with E-state index in [2.05, 4.69) is 25.5 Å². The number of benzene rings is 4. The van der Waals surface area contributed by atoms with Gasteiger partial charge in [0.05, 0.1) is 22.6 Å². The van der Waals surface area contributed by atoms with Crippen LogP contribution in [-0.4, -0.2) is 106 Å². The zero-order valence-electron chi connectivity index (χ0n) is 43.6. The molecule has 0 spiro atoms. The number of nitrogens with one attached hydrogen (secondary N) is 2. The lowest BCUT2D eigenvalue weighted by molar-refractivity contribution is -0.151. The molecule has 2 bridgehead atoms. The van der Waals surface area contributed by atoms with Crippen LogP contribution in [0.2, 0.25) is 5.02 Å². The van der Waals surface area contributed by atoms with Crippen LogP contribution in [0.4, 0.5) is 28.2 Å². The van der Waals surface area contributed by atoms with Crippen LogP contribution in [0.3, 0.4) is 0 Å². The summed E-state index contributed by atoms with van der Waals surface area (Å²) in [5, 5.41) is 19.5. The van der Waals surface area contributed by atoms with Crippen molar-refractivity contribution in [1.82, 2.24) is 30.2 Å². The van der Waals surface area contributed by atoms with Crippen molar-refractivity contribution in [2.24, 2.45) is 24.1 Å². The van der Waals surface area contributed by atoms with Gasteiger partial charge in [0.1, 0.15) is 29.5 Å². The van der Waals surface area contributed by atoms with Crippen LogP contribution in [0.15, 0.2) is 66.9 Å². The molecule has 3 saturated carbocycles. The number of hydrogen-bond acceptors (Lipinski definition) is 10. The molecule has 2 atom stereocenters. The molecule has 7 aliphatic rings. The molecule has 4 aliphatic heterocycles. The summed E-state index contributed by atoms with van der Waals surface area (Å²) in [5.41, 5.74) is 4.43. The van der Waals surface area contributed by atoms with Crippen molar-refractivity contribution in [3.8, 4) is 22.6 Å². The number of primary amides is 1. The minimum absolute atomic E-state index is 0.0421. The molecule has 0 radical (unpaired) electrons. The third kappa shape index (κ3) is 9.22. The minimum Gasteiger partial charge on any atom is -0.488 e. The fraction of sp³-hybridized carbons (Fsp3) is 0.466. The van der Waals surface area contributed by atoms with Crippen LogP contribution in [-0.2, 0) is 22.2 Å². The van der Waals surface area contributed by atoms with E-state index in [4.69, 9.17) is 26.8 Å². The number of hydrogen-bond donors (Lipinski definition) is 4. The van der Waals surface area contributed by atoms with Crippen LogP contribution >= 0.6 is 11.6 Å². The van der Waals surface area contributed by atoms with Gasteiger partial charge in [0.2, 0.25) is 17.7 Å². The van der Waals surface area contributed by atoms with Gasteiger partial charge in [-0.05, 0) is 125 Å². The SMILES string of the molecule is C[C@H]1c2c(cc(F)c(Cl)c2-c2c(C(N)=O)ccc(OCCO)c2F)O[C@]1(/C=C\NC12CCC(C(=O)N3CCC(CN4CCC(c5c(F)cc6c(N7CCC(=O)NC7=O)nn(C)c6c5F)CC4)CC3)(CC1)CC2)c1ccccc1. The van der Waals surface area contributed by atoms with Gasteiger partial charge in [-0.3, -0.25) is 29.3 Å². The maximum absolute atomic E-state index is 16.5. The van der Waals surface area contributed by atoms with Crippen molar-refractivity contribution in [1.29, 1.82) is 0 Å². The molecule has 0 unspecified atom stereocenters. The molecule has 5 N–H and O–H groups in total. The molecule has 4 aromatic carbocycles. The normalized spacial score (nSPS) is 24.9. The van der Waals surface area contributed by atoms with Crippen molar-refractivity contribution in [2.75, 3.05) is 57.4 Å². The first-order chi connectivity index (χ1) is 37.5. The number of nitrogens with two attached hydrogens (primary N) is 1. The summed E-state index contributed by atoms with van der Waals surface area (Å²) in [5.74, 6) is -4.97. The van der Waals surface area contributed by atoms with Gasteiger partial charge >= 0.3 is 6.03 Å². The summed E-state index contributed by atoms with van der Waals surface area (Å²) in [7, 11) is 1.56. The van der Waals surface area contributed by atoms with Gasteiger partial charge in [-0.2, -0.15) is 5.10 Å². The average Bonchev–Trinajstić information content (AvgIpc) is 4.10. The highest BCUT2D eigenvalue weighted by Crippen LogP contribution is 2.58. The molecule has 6 fully saturated rings. The monoisotopic (exact) mass is 1090 g/mol. The summed E-state index contributed by atoms with van der Waals surface area (Å²) in [6.07, 6.45) is 11.4. The van der Waals surface area contributed by atoms with Gasteiger partial charge in [-0.25, -0.2) is 22.4 Å². The number of aryl methyl sites for hydroxylation is 1. The number of piperidine rings is 2. The van der Waals surface area contributed by atoms with E-state index in [-0.39, 0.29) is 87.4 Å². The van der Waals surface area contributed by atoms with Gasteiger partial charge in [0.25, 0.3) is 0 Å². The Morgan fingerprint density at radius 1 is 0.910 bits per heavy atom. The van der Waals surface area contributed by atoms with Crippen molar-refractivity contribution in [3.63, 3.8) is 0 Å². The highest BCUT2D eigenvalue weighted by molar-refractivity contribution is 6.34. The summed E-state index contributed by atoms with van der Waals surface area (Å²) in [6, 6.07) is 13.7. The second-order valence-electron chi connectivity index (χ2n) is 22.2. The van der Waals surface area contributed by atoms with E-state index in [9.17, 15) is 24.3 Å². The summed E-state index contributed by atoms with van der Waals surface area (Å²) >= 11 is 6.74. The van der Waals surface area contributed by atoms with E-state index in [1.54, 1.807) is 7.05 Å². The van der Waals surface area contributed by atoms with Gasteiger partial charge in [0.15, 0.2) is 28.8 Å². The molecule has 78 heavy (non-hydrogen) atoms. The van der Waals surface area contributed by atoms with Gasteiger partial charge in [-0.15, -0.1) is 0 Å². The Morgan fingerprint density at radius 3 is 2.28 bits per heavy atom. The second kappa shape index (κ2) is 20.8. The summed E-state index contributed by atoms with van der Waals surface area (Å²) in [4.78, 5) is 57.3. The van der Waals surface area contributed by atoms with Crippen LogP contribution in [0.25, 0.3) is 22.0 Å². The maximum Gasteiger partial charge on any atom is 0.329 e. The summed E-state index contributed by atoms with van der Waals surface area (Å²) < 4.78 is 78.2. The number of carbonyl (C=O) groups excluding carboxylic acids is 4. The van der Waals surface area contributed by atoms with Gasteiger partial charge in [-0.1, -0.05) is 48.9 Å². The van der Waals surface area contributed by atoms with E-state index in [0.717, 1.165) is 63.5 Å². The number of rotatable bonds is 14. The lowest BCUT2D eigenvalue weighted by Gasteiger charge is -2.54. The first-order valence-electron chi connectivity index (χ1n) is 27.0. The van der Waals surface area contributed by atoms with Crippen molar-refractivity contribution in [3.05, 3.63) is 117 Å². The Balaban J connectivity index is 0.716. The summed E-state index contributed by atoms with van der Waals surface area (Å²) in [6.45, 7) is 4.92. The first-order valence-corrected chi connectivity index (χ1v) is 27.4. The zero-order chi connectivity index (χ0) is 54.8. The Morgan fingerprint density at radius 2 is 1.62 bits per heavy atom. The quantitative estimate of drug-likeness (QED) is 0.0783. The number of aromatic nitrogens is 2. The van der Waals surface area contributed by atoms with E-state index >= 15 is 17.6 Å². The number of urea groups is 1. The molecular weight excluding hydrogens is 1030 g/mol. The molecule has 3 aliphatic carbocycles. The van der Waals surface area contributed by atoms with Crippen LogP contribution < -0.4 is 30.7 Å². The molecule has 412 valence electrons. The van der Waals surface area contributed by atoms with Crippen molar-refractivity contribution < 1.29 is 51.3 Å². The van der Waals surface area contributed by atoms with Crippen LogP contribution in [0.1, 0.15) is 116 Å². The number of aliphatic hydroxyl groups is 1. The third-order valence-corrected chi connectivity index (χ3v) is 18.3.